The van der Waals surface area contributed by atoms with E-state index in [1.165, 1.54) is 4.90 Å². The molecule has 4 N–H and O–H groups in total. The van der Waals surface area contributed by atoms with Crippen LogP contribution in [0.1, 0.15) is 68.8 Å². The van der Waals surface area contributed by atoms with Crippen LogP contribution >= 0.6 is 0 Å². The van der Waals surface area contributed by atoms with Crippen LogP contribution in [0.5, 0.6) is 0 Å². The minimum atomic E-state index is -3.68. The van der Waals surface area contributed by atoms with Gasteiger partial charge >= 0.3 is 5.97 Å². The molecular weight excluding hydrogens is 660 g/mol. The highest BCUT2D eigenvalue weighted by Crippen LogP contribution is 2.27. The van der Waals surface area contributed by atoms with Crippen molar-refractivity contribution in [3.63, 3.8) is 0 Å². The topological polar surface area (TPSA) is 181 Å². The van der Waals surface area contributed by atoms with E-state index in [0.29, 0.717) is 57.4 Å². The molecule has 0 bridgehead atoms. The van der Waals surface area contributed by atoms with Crippen LogP contribution in [0.25, 0.3) is 0 Å². The molecule has 0 saturated carbocycles. The normalized spacial score (nSPS) is 18.7. The van der Waals surface area contributed by atoms with Crippen LogP contribution in [-0.4, -0.2) is 98.5 Å². The third-order valence-corrected chi connectivity index (χ3v) is 9.90. The summed E-state index contributed by atoms with van der Waals surface area (Å²) in [4.78, 5) is 59.9. The highest BCUT2D eigenvalue weighted by atomic mass is 32.2. The van der Waals surface area contributed by atoms with E-state index in [1.807, 2.05) is 41.3 Å². The number of esters is 1. The summed E-state index contributed by atoms with van der Waals surface area (Å²) >= 11 is 0. The molecule has 4 rings (SSSR count). The quantitative estimate of drug-likeness (QED) is 0.160. The lowest BCUT2D eigenvalue weighted by Crippen LogP contribution is -2.54. The van der Waals surface area contributed by atoms with Gasteiger partial charge < -0.3 is 25.6 Å². The Kier molecular flexibility index (Phi) is 13.2. The molecule has 13 nitrogen and oxygen atoms in total. The number of likely N-dealkylation sites (tertiary alicyclic amines) is 2. The largest absolute Gasteiger partial charge is 0.459 e. The smallest absolute Gasteiger partial charge is 0.338 e. The Morgan fingerprint density at radius 1 is 0.980 bits per heavy atom. The van der Waals surface area contributed by atoms with Crippen molar-refractivity contribution in [2.24, 2.45) is 22.1 Å². The number of ether oxygens (including phenoxy) is 1. The van der Waals surface area contributed by atoms with Gasteiger partial charge in [0.25, 0.3) is 5.91 Å². The van der Waals surface area contributed by atoms with Crippen molar-refractivity contribution in [2.75, 3.05) is 32.4 Å². The Balaban J connectivity index is 1.25. The number of hydrogen-bond donors (Lipinski definition) is 3. The Morgan fingerprint density at radius 2 is 1.60 bits per heavy atom. The molecule has 14 heteroatoms. The predicted molar refractivity (Wildman–Crippen MR) is 190 cm³/mol. The monoisotopic (exact) mass is 710 g/mol. The molecule has 272 valence electrons. The number of carbonyl (C=O) groups is 4. The van der Waals surface area contributed by atoms with E-state index < -0.39 is 51.4 Å². The van der Waals surface area contributed by atoms with Crippen molar-refractivity contribution >= 4 is 39.7 Å². The molecule has 0 aliphatic carbocycles. The van der Waals surface area contributed by atoms with Gasteiger partial charge in [-0.1, -0.05) is 62.4 Å². The summed E-state index contributed by atoms with van der Waals surface area (Å²) < 4.78 is 32.2. The van der Waals surface area contributed by atoms with E-state index in [4.69, 9.17) is 10.5 Å². The number of aliphatic imine (C=N–C) groups is 1. The molecule has 2 aromatic carbocycles. The van der Waals surface area contributed by atoms with Crippen molar-refractivity contribution in [3.8, 4) is 0 Å². The van der Waals surface area contributed by atoms with Crippen LogP contribution in [-0.2, 0) is 35.6 Å². The van der Waals surface area contributed by atoms with Gasteiger partial charge in [-0.15, -0.1) is 0 Å². The molecule has 0 spiro atoms. The lowest BCUT2D eigenvalue weighted by Gasteiger charge is -2.33. The van der Waals surface area contributed by atoms with Gasteiger partial charge in [-0.2, -0.15) is 4.99 Å². The first-order chi connectivity index (χ1) is 23.6. The first-order valence-corrected chi connectivity index (χ1v) is 19.0. The van der Waals surface area contributed by atoms with Crippen molar-refractivity contribution in [1.82, 2.24) is 19.8 Å². The molecule has 2 aromatic rings. The molecule has 2 aliphatic rings. The summed E-state index contributed by atoms with van der Waals surface area (Å²) in [6.07, 6.45) is 3.52. The second-order valence-corrected chi connectivity index (χ2v) is 15.7. The SMILES string of the molecule is CC(CC(C)(C)C(=O)N=C(N)N1CCC(CNC(=O)[C@@H]2CCCN2C(=O)[C@@H](Cc2ccccc2)NS(C)(=O)=O)CC1)OC(=O)c1ccccc1. The van der Waals surface area contributed by atoms with E-state index in [-0.39, 0.29) is 30.6 Å². The Labute approximate surface area is 295 Å². The standard InChI is InChI=1S/C36H50N6O7S/c1-25(49-33(45)28-14-9-6-10-15-28)23-36(2,3)34(46)39-35(37)41-20-17-27(18-21-41)24-38-31(43)30-16-11-19-42(30)32(44)29(40-50(4,47)48)22-26-12-7-5-8-13-26/h5-10,12-15,25,27,29-30,40H,11,16-24H2,1-4H3,(H,38,43)(H2,37,39,46)/t25?,29-,30+/m1/s1. The van der Waals surface area contributed by atoms with Crippen molar-refractivity contribution in [2.45, 2.75) is 77.5 Å². The van der Waals surface area contributed by atoms with Crippen molar-refractivity contribution in [1.29, 1.82) is 0 Å². The van der Waals surface area contributed by atoms with Crippen LogP contribution in [0.15, 0.2) is 65.7 Å². The Morgan fingerprint density at radius 3 is 2.22 bits per heavy atom. The maximum atomic E-state index is 13.6. The third-order valence-electron chi connectivity index (χ3n) is 9.19. The summed E-state index contributed by atoms with van der Waals surface area (Å²) in [6, 6.07) is 16.1. The molecular formula is C36H50N6O7S. The second-order valence-electron chi connectivity index (χ2n) is 13.9. The fourth-order valence-electron chi connectivity index (χ4n) is 6.52. The average Bonchev–Trinajstić information content (AvgIpc) is 3.57. The number of nitrogens with one attached hydrogen (secondary N) is 2. The fourth-order valence-corrected chi connectivity index (χ4v) is 7.22. The van der Waals surface area contributed by atoms with Gasteiger partial charge in [0.2, 0.25) is 21.8 Å². The lowest BCUT2D eigenvalue weighted by atomic mass is 9.86. The molecule has 2 saturated heterocycles. The minimum Gasteiger partial charge on any atom is -0.459 e. The van der Waals surface area contributed by atoms with E-state index in [9.17, 15) is 27.6 Å². The van der Waals surface area contributed by atoms with Crippen molar-refractivity contribution in [3.05, 3.63) is 71.8 Å². The minimum absolute atomic E-state index is 0.132. The fraction of sp³-hybridized carbons (Fsp3) is 0.528. The second kappa shape index (κ2) is 17.1. The van der Waals surface area contributed by atoms with Crippen LogP contribution in [0.4, 0.5) is 0 Å². The first kappa shape index (κ1) is 38.5. The van der Waals surface area contributed by atoms with E-state index >= 15 is 0 Å². The number of sulfonamides is 1. The van der Waals surface area contributed by atoms with Gasteiger partial charge in [-0.05, 0) is 69.1 Å². The Hall–Kier alpha value is -4.30. The molecule has 2 heterocycles. The van der Waals surface area contributed by atoms with Gasteiger partial charge in [0, 0.05) is 31.6 Å². The highest BCUT2D eigenvalue weighted by molar-refractivity contribution is 7.88. The van der Waals surface area contributed by atoms with Gasteiger partial charge in [-0.25, -0.2) is 17.9 Å². The molecule has 50 heavy (non-hydrogen) atoms. The molecule has 2 fully saturated rings. The number of guanidine groups is 1. The van der Waals surface area contributed by atoms with Gasteiger partial charge in [0.05, 0.1) is 11.8 Å². The number of piperidine rings is 1. The van der Waals surface area contributed by atoms with Crippen LogP contribution in [0.3, 0.4) is 0 Å². The van der Waals surface area contributed by atoms with Crippen LogP contribution in [0, 0.1) is 11.3 Å². The maximum Gasteiger partial charge on any atom is 0.338 e. The number of hydrogen-bond acceptors (Lipinski definition) is 7. The third kappa shape index (κ3) is 11.1. The summed E-state index contributed by atoms with van der Waals surface area (Å²) in [5, 5.41) is 3.01. The predicted octanol–water partition coefficient (Wildman–Crippen LogP) is 2.47. The molecule has 1 unspecified atom stereocenters. The first-order valence-electron chi connectivity index (χ1n) is 17.1. The number of amides is 3. The lowest BCUT2D eigenvalue weighted by molar-refractivity contribution is -0.139. The number of carbonyl (C=O) groups excluding carboxylic acids is 4. The number of rotatable bonds is 13. The van der Waals surface area contributed by atoms with Gasteiger partial charge in [0.15, 0.2) is 5.96 Å². The number of nitrogens with two attached hydrogens (primary N) is 1. The summed E-state index contributed by atoms with van der Waals surface area (Å²) in [5.74, 6) is -1.23. The van der Waals surface area contributed by atoms with Gasteiger partial charge in [0.1, 0.15) is 18.2 Å². The summed E-state index contributed by atoms with van der Waals surface area (Å²) in [7, 11) is -3.68. The molecule has 0 radical (unpaired) electrons. The molecule has 2 aliphatic heterocycles. The average molecular weight is 711 g/mol. The van der Waals surface area contributed by atoms with E-state index in [2.05, 4.69) is 15.0 Å². The van der Waals surface area contributed by atoms with Crippen LogP contribution < -0.4 is 15.8 Å². The number of benzene rings is 2. The van der Waals surface area contributed by atoms with Crippen LogP contribution in [0.2, 0.25) is 0 Å². The Bertz CT molecular complexity index is 1630. The summed E-state index contributed by atoms with van der Waals surface area (Å²) in [5.41, 5.74) is 6.59. The zero-order chi connectivity index (χ0) is 36.5. The van der Waals surface area contributed by atoms with Gasteiger partial charge in [-0.3, -0.25) is 14.4 Å². The maximum absolute atomic E-state index is 13.6. The highest BCUT2D eigenvalue weighted by Gasteiger charge is 2.38. The van der Waals surface area contributed by atoms with Crippen molar-refractivity contribution < 1.29 is 32.3 Å². The van der Waals surface area contributed by atoms with E-state index in [1.54, 1.807) is 45.0 Å². The molecule has 0 aromatic heterocycles. The zero-order valence-corrected chi connectivity index (χ0v) is 30.2. The molecule has 3 amide bonds. The molecule has 3 atom stereocenters. The van der Waals surface area contributed by atoms with E-state index in [0.717, 1.165) is 11.8 Å². The number of nitrogens with zero attached hydrogens (tertiary/aromatic N) is 3. The zero-order valence-electron chi connectivity index (χ0n) is 29.3. The summed E-state index contributed by atoms with van der Waals surface area (Å²) in [6.45, 7) is 7.15.